The van der Waals surface area contributed by atoms with Gasteiger partial charge < -0.3 is 8.98 Å². The van der Waals surface area contributed by atoms with Gasteiger partial charge in [-0.05, 0) is 70.3 Å². The predicted molar refractivity (Wildman–Crippen MR) is 237 cm³/mol. The molecular formula is C51H38N4OS. The van der Waals surface area contributed by atoms with Crippen molar-refractivity contribution in [3.8, 4) is 16.8 Å². The van der Waals surface area contributed by atoms with Crippen LogP contribution in [0.5, 0.6) is 0 Å². The molecule has 4 heterocycles. The largest absolute Gasteiger partial charge is 0.456 e. The first-order valence-corrected chi connectivity index (χ1v) is 20.6. The second-order valence-electron chi connectivity index (χ2n) is 15.3. The van der Waals surface area contributed by atoms with Gasteiger partial charge in [0.05, 0.1) is 40.6 Å². The summed E-state index contributed by atoms with van der Waals surface area (Å²) in [5.74, 6) is 0.282. The molecule has 5 nitrogen and oxygen atoms in total. The predicted octanol–water partition coefficient (Wildman–Crippen LogP) is 10.7. The standard InChI is InChI=1S/C51H38N4OS/c1-3-13-31(14-4-1)49-52-50(32-15-5-2-6-16-32)54-51(53-49)34-26-27-38-39-20-11-19-35(48(39)57-46(38)30-34)33-25-28-40-45(29-33)56-44-24-12-23-43(47(40)44)55-41-21-9-7-17-36(41)37-18-8-10-22-42(37)55/h1-25,27-30,34,49-54H,26H2. The van der Waals surface area contributed by atoms with Gasteiger partial charge in [-0.3, -0.25) is 16.0 Å². The molecule has 0 bridgehead atoms. The number of nitrogens with zero attached hydrogens (tertiary/aromatic N) is 1. The normalized spacial score (nSPS) is 19.6. The number of benzene rings is 7. The number of thiophene rings is 1. The highest BCUT2D eigenvalue weighted by molar-refractivity contribution is 7.17. The number of hydrogen-bond donors (Lipinski definition) is 3. The highest BCUT2D eigenvalue weighted by Gasteiger charge is 2.33. The zero-order chi connectivity index (χ0) is 37.5. The van der Waals surface area contributed by atoms with Crippen molar-refractivity contribution in [1.29, 1.82) is 0 Å². The number of fused-ring (bicyclic) bond motifs is 9. The molecule has 1 aliphatic heterocycles. The fourth-order valence-corrected chi connectivity index (χ4v) is 10.8. The Hall–Kier alpha value is -6.28. The number of para-hydroxylation sites is 2. The van der Waals surface area contributed by atoms with Gasteiger partial charge in [-0.1, -0.05) is 140 Å². The molecule has 2 aliphatic rings. The Bertz CT molecular complexity index is 3190. The summed E-state index contributed by atoms with van der Waals surface area (Å²) in [5.41, 5.74) is 10.2. The van der Waals surface area contributed by atoms with E-state index >= 15 is 0 Å². The van der Waals surface area contributed by atoms with Crippen molar-refractivity contribution in [2.45, 2.75) is 24.9 Å². The van der Waals surface area contributed by atoms with E-state index in [-0.39, 0.29) is 24.4 Å². The summed E-state index contributed by atoms with van der Waals surface area (Å²) in [6.45, 7) is 0. The van der Waals surface area contributed by atoms with Crippen LogP contribution < -0.4 is 25.7 Å². The van der Waals surface area contributed by atoms with Crippen molar-refractivity contribution in [3.63, 3.8) is 0 Å². The third-order valence-corrected chi connectivity index (χ3v) is 13.3. The zero-order valence-corrected chi connectivity index (χ0v) is 31.8. The number of hydrogen-bond acceptors (Lipinski definition) is 5. The van der Waals surface area contributed by atoms with Crippen LogP contribution in [0.25, 0.3) is 82.8 Å². The molecule has 0 amide bonds. The molecule has 274 valence electrons. The summed E-state index contributed by atoms with van der Waals surface area (Å²) in [5, 5.41) is 19.1. The van der Waals surface area contributed by atoms with Gasteiger partial charge >= 0.3 is 0 Å². The number of aromatic nitrogens is 1. The van der Waals surface area contributed by atoms with Gasteiger partial charge in [0.15, 0.2) is 0 Å². The van der Waals surface area contributed by atoms with Crippen molar-refractivity contribution in [2.24, 2.45) is 5.92 Å². The molecule has 3 unspecified atom stereocenters. The lowest BCUT2D eigenvalue weighted by Gasteiger charge is -2.42. The summed E-state index contributed by atoms with van der Waals surface area (Å²) in [6, 6.07) is 58.8. The second-order valence-corrected chi connectivity index (χ2v) is 16.4. The maximum atomic E-state index is 6.69. The Morgan fingerprint density at radius 2 is 1.21 bits per heavy atom. The van der Waals surface area contributed by atoms with Crippen molar-refractivity contribution in [3.05, 3.63) is 185 Å². The zero-order valence-electron chi connectivity index (χ0n) is 31.0. The van der Waals surface area contributed by atoms with Crippen LogP contribution in [0.15, 0.2) is 168 Å². The van der Waals surface area contributed by atoms with E-state index in [1.807, 2.05) is 11.3 Å². The molecule has 1 aliphatic carbocycles. The number of rotatable bonds is 5. The van der Waals surface area contributed by atoms with E-state index in [0.717, 1.165) is 34.0 Å². The molecule has 57 heavy (non-hydrogen) atoms. The maximum Gasteiger partial charge on any atom is 0.137 e. The lowest BCUT2D eigenvalue weighted by molar-refractivity contribution is 0.176. The molecule has 12 rings (SSSR count). The highest BCUT2D eigenvalue weighted by atomic mass is 32.1. The first-order valence-electron chi connectivity index (χ1n) is 19.8. The molecule has 0 spiro atoms. The Kier molecular flexibility index (Phi) is 7.60. The minimum atomic E-state index is 0.0256. The van der Waals surface area contributed by atoms with Crippen molar-refractivity contribution in [1.82, 2.24) is 20.5 Å². The second kappa shape index (κ2) is 13.2. The van der Waals surface area contributed by atoms with E-state index in [2.05, 4.69) is 196 Å². The van der Waals surface area contributed by atoms with E-state index in [9.17, 15) is 0 Å². The summed E-state index contributed by atoms with van der Waals surface area (Å²) in [7, 11) is 0. The Balaban J connectivity index is 0.935. The van der Waals surface area contributed by atoms with Gasteiger partial charge in [0.25, 0.3) is 0 Å². The molecule has 3 aromatic heterocycles. The average molecular weight is 755 g/mol. The van der Waals surface area contributed by atoms with E-state index in [1.165, 1.54) is 63.9 Å². The summed E-state index contributed by atoms with van der Waals surface area (Å²) in [4.78, 5) is 0. The molecule has 7 aromatic carbocycles. The van der Waals surface area contributed by atoms with Crippen LogP contribution in [-0.4, -0.2) is 10.7 Å². The van der Waals surface area contributed by atoms with Crippen LogP contribution in [0, 0.1) is 5.92 Å². The van der Waals surface area contributed by atoms with Crippen LogP contribution in [0.1, 0.15) is 29.9 Å². The van der Waals surface area contributed by atoms with Crippen molar-refractivity contribution < 1.29 is 4.42 Å². The van der Waals surface area contributed by atoms with E-state index in [0.29, 0.717) is 0 Å². The number of nitrogens with one attached hydrogen (secondary N) is 3. The van der Waals surface area contributed by atoms with Gasteiger partial charge in [-0.15, -0.1) is 11.3 Å². The molecule has 0 saturated carbocycles. The molecule has 3 atom stereocenters. The fourth-order valence-electron chi connectivity index (χ4n) is 9.40. The molecule has 10 aromatic rings. The van der Waals surface area contributed by atoms with Crippen LogP contribution in [0.4, 0.5) is 0 Å². The van der Waals surface area contributed by atoms with Crippen molar-refractivity contribution >= 4 is 77.3 Å². The summed E-state index contributed by atoms with van der Waals surface area (Å²) >= 11 is 1.90. The van der Waals surface area contributed by atoms with E-state index in [4.69, 9.17) is 4.42 Å². The first kappa shape index (κ1) is 32.9. The smallest absolute Gasteiger partial charge is 0.137 e. The Labute approximate surface area is 333 Å². The van der Waals surface area contributed by atoms with Crippen LogP contribution in [-0.2, 0) is 0 Å². The molecule has 0 radical (unpaired) electrons. The van der Waals surface area contributed by atoms with E-state index in [1.54, 1.807) is 0 Å². The average Bonchev–Trinajstić information content (AvgIpc) is 3.96. The minimum Gasteiger partial charge on any atom is -0.456 e. The van der Waals surface area contributed by atoms with Gasteiger partial charge in [-0.25, -0.2) is 0 Å². The topological polar surface area (TPSA) is 54.2 Å². The number of furan rings is 1. The van der Waals surface area contributed by atoms with Crippen LogP contribution in [0.2, 0.25) is 0 Å². The van der Waals surface area contributed by atoms with Crippen molar-refractivity contribution in [2.75, 3.05) is 0 Å². The molecule has 1 saturated heterocycles. The maximum absolute atomic E-state index is 6.69. The van der Waals surface area contributed by atoms with Gasteiger partial charge in [0, 0.05) is 36.7 Å². The van der Waals surface area contributed by atoms with E-state index < -0.39 is 0 Å². The molecule has 6 heteroatoms. The fraction of sp³-hybridized carbons (Fsp3) is 0.0980. The SMILES string of the molecule is C1=c2sc3c(-c4ccc5c(c4)oc4cccc(-n6c7ccccc7c7ccccc76)c45)cccc3c2=CCC1C1NC(c2ccccc2)NC(c2ccccc2)N1. The Morgan fingerprint density at radius 1 is 0.561 bits per heavy atom. The molecule has 3 N–H and O–H groups in total. The highest BCUT2D eigenvalue weighted by Crippen LogP contribution is 2.40. The van der Waals surface area contributed by atoms with Gasteiger partial charge in [0.2, 0.25) is 0 Å². The lowest BCUT2D eigenvalue weighted by Crippen LogP contribution is -2.61. The third-order valence-electron chi connectivity index (χ3n) is 12.1. The minimum absolute atomic E-state index is 0.0256. The first-order chi connectivity index (χ1) is 28.2. The Morgan fingerprint density at radius 3 is 1.93 bits per heavy atom. The molecular weight excluding hydrogens is 717 g/mol. The van der Waals surface area contributed by atoms with Crippen LogP contribution in [0.3, 0.4) is 0 Å². The summed E-state index contributed by atoms with van der Waals surface area (Å²) in [6.07, 6.45) is 6.05. The quantitative estimate of drug-likeness (QED) is 0.164. The van der Waals surface area contributed by atoms with Gasteiger partial charge in [0.1, 0.15) is 11.2 Å². The monoisotopic (exact) mass is 754 g/mol. The lowest BCUT2D eigenvalue weighted by atomic mass is 9.94. The summed E-state index contributed by atoms with van der Waals surface area (Å²) < 4.78 is 11.7. The molecule has 1 fully saturated rings. The van der Waals surface area contributed by atoms with Gasteiger partial charge in [-0.2, -0.15) is 0 Å². The third kappa shape index (κ3) is 5.33. The van der Waals surface area contributed by atoms with Crippen LogP contribution >= 0.6 is 11.3 Å².